The molecule has 0 aliphatic carbocycles. The smallest absolute Gasteiger partial charge is 0.417 e. The molecule has 138 valence electrons. The summed E-state index contributed by atoms with van der Waals surface area (Å²) in [6.45, 7) is 5.97. The van der Waals surface area contributed by atoms with Gasteiger partial charge in [0.15, 0.2) is 0 Å². The van der Waals surface area contributed by atoms with E-state index in [2.05, 4.69) is 12.2 Å². The topological polar surface area (TPSA) is 46.6 Å². The first-order valence-corrected chi connectivity index (χ1v) is 9.58. The summed E-state index contributed by atoms with van der Waals surface area (Å²) in [5.74, 6) is -0.107. The number of hydrogen-bond acceptors (Lipinski definition) is 3. The molecule has 1 aliphatic rings. The lowest BCUT2D eigenvalue weighted by Crippen LogP contribution is -2.41. The van der Waals surface area contributed by atoms with Crippen molar-refractivity contribution in [3.05, 3.63) is 12.2 Å². The molecule has 0 spiro atoms. The number of nitrogens with zero attached hydrogens (tertiary/aromatic N) is 1. The highest BCUT2D eigenvalue weighted by atomic mass is 16.6. The van der Waals surface area contributed by atoms with Gasteiger partial charge in [0.2, 0.25) is 5.91 Å². The highest BCUT2D eigenvalue weighted by Crippen LogP contribution is 2.15. The second-order valence-corrected chi connectivity index (χ2v) is 7.65. The number of carbonyl (C=O) groups excluding carboxylic acids is 2. The van der Waals surface area contributed by atoms with Crippen LogP contribution in [0.5, 0.6) is 0 Å². The Labute approximate surface area is 147 Å². The van der Waals surface area contributed by atoms with E-state index in [1.54, 1.807) is 0 Å². The molecule has 0 atom stereocenters. The minimum Gasteiger partial charge on any atom is -0.443 e. The minimum atomic E-state index is -0.574. The van der Waals surface area contributed by atoms with E-state index in [-0.39, 0.29) is 5.91 Å². The van der Waals surface area contributed by atoms with Crippen molar-refractivity contribution in [2.45, 2.75) is 97.0 Å². The molecule has 0 saturated heterocycles. The van der Waals surface area contributed by atoms with Crippen molar-refractivity contribution in [1.82, 2.24) is 4.90 Å². The Morgan fingerprint density at radius 2 is 1.46 bits per heavy atom. The maximum atomic E-state index is 12.4. The molecule has 0 aromatic carbocycles. The molecule has 24 heavy (non-hydrogen) atoms. The van der Waals surface area contributed by atoms with Gasteiger partial charge in [0.25, 0.3) is 0 Å². The van der Waals surface area contributed by atoms with E-state index in [0.29, 0.717) is 13.0 Å². The van der Waals surface area contributed by atoms with Crippen LogP contribution < -0.4 is 0 Å². The number of amides is 2. The maximum Gasteiger partial charge on any atom is 0.417 e. The highest BCUT2D eigenvalue weighted by molar-refractivity contribution is 5.92. The molecule has 1 rings (SSSR count). The molecule has 0 bridgehead atoms. The third-order valence-electron chi connectivity index (χ3n) is 4.10. The number of ether oxygens (including phenoxy) is 1. The first kappa shape index (κ1) is 20.7. The molecule has 0 aromatic rings. The van der Waals surface area contributed by atoms with Crippen molar-refractivity contribution in [1.29, 1.82) is 0 Å². The summed E-state index contributed by atoms with van der Waals surface area (Å²) in [6.07, 6.45) is 15.3. The first-order valence-electron chi connectivity index (χ1n) is 9.58. The average molecular weight is 338 g/mol. The summed E-state index contributed by atoms with van der Waals surface area (Å²) in [4.78, 5) is 26.1. The van der Waals surface area contributed by atoms with Gasteiger partial charge in [0.05, 0.1) is 0 Å². The molecule has 1 heterocycles. The van der Waals surface area contributed by atoms with E-state index in [4.69, 9.17) is 4.74 Å². The molecule has 0 unspecified atom stereocenters. The van der Waals surface area contributed by atoms with Crippen molar-refractivity contribution >= 4 is 12.0 Å². The van der Waals surface area contributed by atoms with E-state index in [9.17, 15) is 9.59 Å². The fourth-order valence-corrected chi connectivity index (χ4v) is 2.79. The van der Waals surface area contributed by atoms with Crippen LogP contribution in [0.1, 0.15) is 91.4 Å². The van der Waals surface area contributed by atoms with E-state index >= 15 is 0 Å². The molecule has 0 saturated carbocycles. The van der Waals surface area contributed by atoms with E-state index in [0.717, 1.165) is 32.1 Å². The van der Waals surface area contributed by atoms with E-state index < -0.39 is 11.7 Å². The Bertz CT molecular complexity index is 410. The van der Waals surface area contributed by atoms with Crippen LogP contribution in [-0.4, -0.2) is 29.0 Å². The quantitative estimate of drug-likeness (QED) is 0.540. The first-order chi connectivity index (χ1) is 11.4. The van der Waals surface area contributed by atoms with Gasteiger partial charge in [-0.25, -0.2) is 9.69 Å². The predicted octanol–water partition coefficient (Wildman–Crippen LogP) is 5.61. The third-order valence-corrected chi connectivity index (χ3v) is 4.10. The Morgan fingerprint density at radius 3 is 2.08 bits per heavy atom. The molecule has 0 fully saturated rings. The molecule has 1 aliphatic heterocycles. The summed E-state index contributed by atoms with van der Waals surface area (Å²) >= 11 is 0. The molecule has 4 heteroatoms. The molecule has 0 N–H and O–H groups in total. The van der Waals surface area contributed by atoms with Gasteiger partial charge in [-0.2, -0.15) is 0 Å². The van der Waals surface area contributed by atoms with Crippen molar-refractivity contribution in [2.24, 2.45) is 0 Å². The van der Waals surface area contributed by atoms with Gasteiger partial charge >= 0.3 is 6.09 Å². The number of hydrogen-bond donors (Lipinski definition) is 0. The van der Waals surface area contributed by atoms with Crippen LogP contribution in [0.2, 0.25) is 0 Å². The third kappa shape index (κ3) is 9.74. The van der Waals surface area contributed by atoms with Crippen LogP contribution in [0.4, 0.5) is 4.79 Å². The number of carbonyl (C=O) groups is 2. The maximum absolute atomic E-state index is 12.4. The lowest BCUT2D eigenvalue weighted by atomic mass is 10.1. The lowest BCUT2D eigenvalue weighted by Gasteiger charge is -2.26. The molecule has 4 nitrogen and oxygen atoms in total. The Morgan fingerprint density at radius 1 is 0.917 bits per heavy atom. The number of allylic oxidation sites excluding steroid dienone is 2. The van der Waals surface area contributed by atoms with E-state index in [1.807, 2.05) is 20.8 Å². The Balaban J connectivity index is 2.62. The summed E-state index contributed by atoms with van der Waals surface area (Å²) in [7, 11) is 0. The van der Waals surface area contributed by atoms with Crippen molar-refractivity contribution in [2.75, 3.05) is 6.54 Å². The van der Waals surface area contributed by atoms with Crippen LogP contribution in [0.25, 0.3) is 0 Å². The SMILES string of the molecule is CC(C)(C)OC(=O)N1CCCCCCCCC/C=C/CCCC1=O. The van der Waals surface area contributed by atoms with Crippen LogP contribution in [-0.2, 0) is 9.53 Å². The molecule has 2 amide bonds. The largest absolute Gasteiger partial charge is 0.443 e. The number of rotatable bonds is 0. The number of imide groups is 1. The van der Waals surface area contributed by atoms with Gasteiger partial charge in [-0.1, -0.05) is 44.3 Å². The summed E-state index contributed by atoms with van der Waals surface area (Å²) < 4.78 is 5.41. The zero-order valence-corrected chi connectivity index (χ0v) is 15.8. The van der Waals surface area contributed by atoms with Gasteiger partial charge in [-0.3, -0.25) is 4.79 Å². The molecule has 0 aromatic heterocycles. The van der Waals surface area contributed by atoms with Crippen LogP contribution in [0.3, 0.4) is 0 Å². The highest BCUT2D eigenvalue weighted by Gasteiger charge is 2.26. The normalized spacial score (nSPS) is 21.3. The van der Waals surface area contributed by atoms with Crippen molar-refractivity contribution in [3.8, 4) is 0 Å². The fourth-order valence-electron chi connectivity index (χ4n) is 2.79. The standard InChI is InChI=1S/C20H35NO3/c1-20(2,3)24-19(23)21-17-15-13-11-9-7-5-4-6-8-10-12-14-16-18(21)22/h8,10H,4-7,9,11-17H2,1-3H3/b10-8+. The predicted molar refractivity (Wildman–Crippen MR) is 97.9 cm³/mol. The van der Waals surface area contributed by atoms with Gasteiger partial charge in [0, 0.05) is 13.0 Å². The monoisotopic (exact) mass is 337 g/mol. The van der Waals surface area contributed by atoms with Gasteiger partial charge < -0.3 is 4.74 Å². The second-order valence-electron chi connectivity index (χ2n) is 7.65. The van der Waals surface area contributed by atoms with Gasteiger partial charge in [-0.05, 0) is 52.9 Å². The van der Waals surface area contributed by atoms with Gasteiger partial charge in [0.1, 0.15) is 5.60 Å². The molecular formula is C20H35NO3. The molecular weight excluding hydrogens is 302 g/mol. The average Bonchev–Trinajstić information content (AvgIpc) is 2.48. The zero-order valence-electron chi connectivity index (χ0n) is 15.8. The fraction of sp³-hybridized carbons (Fsp3) is 0.800. The van der Waals surface area contributed by atoms with E-state index in [1.165, 1.54) is 37.0 Å². The van der Waals surface area contributed by atoms with Crippen molar-refractivity contribution < 1.29 is 14.3 Å². The summed E-state index contributed by atoms with van der Waals surface area (Å²) in [5, 5.41) is 0. The summed E-state index contributed by atoms with van der Waals surface area (Å²) in [6, 6.07) is 0. The van der Waals surface area contributed by atoms with Crippen LogP contribution in [0, 0.1) is 0 Å². The second kappa shape index (κ2) is 11.3. The summed E-state index contributed by atoms with van der Waals surface area (Å²) in [5.41, 5.74) is -0.574. The lowest BCUT2D eigenvalue weighted by molar-refractivity contribution is -0.130. The van der Waals surface area contributed by atoms with Crippen LogP contribution in [0.15, 0.2) is 12.2 Å². The van der Waals surface area contributed by atoms with Gasteiger partial charge in [-0.15, -0.1) is 0 Å². The minimum absolute atomic E-state index is 0.107. The Kier molecular flexibility index (Phi) is 9.73. The van der Waals surface area contributed by atoms with Crippen molar-refractivity contribution in [3.63, 3.8) is 0 Å². The van der Waals surface area contributed by atoms with Crippen LogP contribution >= 0.6 is 0 Å². The molecule has 0 radical (unpaired) electrons. The zero-order chi connectivity index (χ0) is 17.8. The Hall–Kier alpha value is -1.32.